The predicted molar refractivity (Wildman–Crippen MR) is 124 cm³/mol. The van der Waals surface area contributed by atoms with Gasteiger partial charge in [0.25, 0.3) is 0 Å². The van der Waals surface area contributed by atoms with E-state index in [0.717, 1.165) is 30.2 Å². The molecule has 7 heteroatoms. The lowest BCUT2D eigenvalue weighted by atomic mass is 10.1. The fourth-order valence-electron chi connectivity index (χ4n) is 2.72. The number of benzene rings is 2. The summed E-state index contributed by atoms with van der Waals surface area (Å²) in [6, 6.07) is 13.3. The molecule has 0 bridgehead atoms. The Labute approximate surface area is 184 Å². The number of aliphatic imine (C=N–C) groups is 1. The predicted octanol–water partition coefficient (Wildman–Crippen LogP) is 3.42. The van der Waals surface area contributed by atoms with Crippen molar-refractivity contribution in [1.82, 2.24) is 15.5 Å². The SMILES string of the molecule is CN=C(NCCc1ccc(OC)cc1)NCc1ccc(F)c(CN(C)C)c1.I. The van der Waals surface area contributed by atoms with Crippen LogP contribution in [0.15, 0.2) is 47.5 Å². The monoisotopic (exact) mass is 500 g/mol. The molecule has 0 atom stereocenters. The van der Waals surface area contributed by atoms with Crippen molar-refractivity contribution in [3.05, 3.63) is 65.0 Å². The maximum absolute atomic E-state index is 13.9. The number of hydrogen-bond donors (Lipinski definition) is 2. The van der Waals surface area contributed by atoms with Crippen LogP contribution in [0.25, 0.3) is 0 Å². The van der Waals surface area contributed by atoms with Crippen molar-refractivity contribution in [2.45, 2.75) is 19.5 Å². The third-order valence-corrected chi connectivity index (χ3v) is 4.15. The molecule has 0 spiro atoms. The second-order valence-electron chi connectivity index (χ2n) is 6.61. The first-order chi connectivity index (χ1) is 13.0. The largest absolute Gasteiger partial charge is 0.497 e. The number of guanidine groups is 1. The summed E-state index contributed by atoms with van der Waals surface area (Å²) in [5.74, 6) is 1.41. The van der Waals surface area contributed by atoms with Crippen LogP contribution in [-0.2, 0) is 19.5 Å². The molecule has 5 nitrogen and oxygen atoms in total. The van der Waals surface area contributed by atoms with Crippen molar-refractivity contribution in [3.8, 4) is 5.75 Å². The van der Waals surface area contributed by atoms with Crippen LogP contribution in [-0.4, -0.2) is 45.7 Å². The molecule has 2 N–H and O–H groups in total. The van der Waals surface area contributed by atoms with Crippen LogP contribution in [0.3, 0.4) is 0 Å². The molecule has 0 heterocycles. The number of hydrogen-bond acceptors (Lipinski definition) is 3. The highest BCUT2D eigenvalue weighted by atomic mass is 127. The van der Waals surface area contributed by atoms with Gasteiger partial charge in [0.2, 0.25) is 0 Å². The summed E-state index contributed by atoms with van der Waals surface area (Å²) in [5.41, 5.74) is 2.94. The second-order valence-corrected chi connectivity index (χ2v) is 6.61. The fourth-order valence-corrected chi connectivity index (χ4v) is 2.72. The summed E-state index contributed by atoms with van der Waals surface area (Å²) >= 11 is 0. The standard InChI is InChI=1S/C21H29FN4O.HI/c1-23-21(24-12-11-16-5-8-19(27-4)9-6-16)25-14-17-7-10-20(22)18(13-17)15-26(2)3;/h5-10,13H,11-12,14-15H2,1-4H3,(H2,23,24,25);1H. The van der Waals surface area contributed by atoms with Crippen LogP contribution < -0.4 is 15.4 Å². The lowest BCUT2D eigenvalue weighted by Crippen LogP contribution is -2.37. The van der Waals surface area contributed by atoms with Gasteiger partial charge in [-0.25, -0.2) is 4.39 Å². The van der Waals surface area contributed by atoms with E-state index in [1.165, 1.54) is 11.6 Å². The van der Waals surface area contributed by atoms with E-state index in [1.807, 2.05) is 37.2 Å². The molecule has 0 amide bonds. The smallest absolute Gasteiger partial charge is 0.191 e. The second kappa shape index (κ2) is 12.6. The highest BCUT2D eigenvalue weighted by Crippen LogP contribution is 2.13. The van der Waals surface area contributed by atoms with E-state index in [0.29, 0.717) is 18.7 Å². The summed E-state index contributed by atoms with van der Waals surface area (Å²) in [7, 11) is 7.26. The molecule has 2 aromatic rings. The Bertz CT molecular complexity index is 751. The molecule has 0 saturated heterocycles. The lowest BCUT2D eigenvalue weighted by Gasteiger charge is -2.14. The first-order valence-corrected chi connectivity index (χ1v) is 9.01. The van der Waals surface area contributed by atoms with Crippen molar-refractivity contribution >= 4 is 29.9 Å². The minimum absolute atomic E-state index is 0. The van der Waals surface area contributed by atoms with Crippen molar-refractivity contribution in [1.29, 1.82) is 0 Å². The molecule has 0 saturated carbocycles. The van der Waals surface area contributed by atoms with E-state index < -0.39 is 0 Å². The summed E-state index contributed by atoms with van der Waals surface area (Å²) < 4.78 is 19.0. The molecular weight excluding hydrogens is 470 g/mol. The Balaban J connectivity index is 0.00000392. The fraction of sp³-hybridized carbons (Fsp3) is 0.381. The highest BCUT2D eigenvalue weighted by Gasteiger charge is 2.06. The van der Waals surface area contributed by atoms with E-state index in [9.17, 15) is 4.39 Å². The van der Waals surface area contributed by atoms with Gasteiger partial charge in [0.15, 0.2) is 5.96 Å². The molecule has 154 valence electrons. The van der Waals surface area contributed by atoms with Crippen LogP contribution in [0, 0.1) is 5.82 Å². The maximum Gasteiger partial charge on any atom is 0.191 e. The van der Waals surface area contributed by atoms with Crippen molar-refractivity contribution < 1.29 is 9.13 Å². The molecule has 2 rings (SSSR count). The van der Waals surface area contributed by atoms with Gasteiger partial charge in [0, 0.05) is 32.2 Å². The maximum atomic E-state index is 13.9. The number of nitrogens with one attached hydrogen (secondary N) is 2. The molecule has 2 aromatic carbocycles. The molecule has 0 fully saturated rings. The van der Waals surface area contributed by atoms with Crippen LogP contribution in [0.2, 0.25) is 0 Å². The average Bonchev–Trinajstić information content (AvgIpc) is 2.67. The topological polar surface area (TPSA) is 48.9 Å². The van der Waals surface area contributed by atoms with Crippen LogP contribution in [0.5, 0.6) is 5.75 Å². The number of methoxy groups -OCH3 is 1. The molecule has 0 unspecified atom stereocenters. The first-order valence-electron chi connectivity index (χ1n) is 9.01. The molecule has 28 heavy (non-hydrogen) atoms. The minimum atomic E-state index is -0.172. The van der Waals surface area contributed by atoms with Crippen molar-refractivity contribution in [2.75, 3.05) is 34.8 Å². The number of ether oxygens (including phenoxy) is 1. The van der Waals surface area contributed by atoms with Gasteiger partial charge in [-0.2, -0.15) is 0 Å². The van der Waals surface area contributed by atoms with Gasteiger partial charge in [-0.3, -0.25) is 4.99 Å². The molecule has 0 radical (unpaired) electrons. The van der Waals surface area contributed by atoms with Crippen molar-refractivity contribution in [3.63, 3.8) is 0 Å². The van der Waals surface area contributed by atoms with Crippen LogP contribution in [0.4, 0.5) is 4.39 Å². The Morgan fingerprint density at radius 1 is 1.07 bits per heavy atom. The Kier molecular flexibility index (Phi) is 10.8. The van der Waals surface area contributed by atoms with E-state index in [-0.39, 0.29) is 29.8 Å². The zero-order valence-electron chi connectivity index (χ0n) is 17.0. The molecule has 0 aromatic heterocycles. The number of nitrogens with zero attached hydrogens (tertiary/aromatic N) is 2. The highest BCUT2D eigenvalue weighted by molar-refractivity contribution is 14.0. The summed E-state index contributed by atoms with van der Waals surface area (Å²) in [5, 5.41) is 6.57. The summed E-state index contributed by atoms with van der Waals surface area (Å²) in [4.78, 5) is 6.20. The van der Waals surface area contributed by atoms with E-state index in [4.69, 9.17) is 4.74 Å². The van der Waals surface area contributed by atoms with E-state index >= 15 is 0 Å². The number of halogens is 2. The first kappa shape index (κ1) is 24.2. The van der Waals surface area contributed by atoms with Gasteiger partial charge in [0.05, 0.1) is 7.11 Å². The van der Waals surface area contributed by atoms with Gasteiger partial charge in [-0.05, 0) is 55.9 Å². The Morgan fingerprint density at radius 2 is 1.75 bits per heavy atom. The third kappa shape index (κ3) is 8.02. The Hall–Kier alpha value is -1.87. The molecule has 0 aliphatic rings. The van der Waals surface area contributed by atoms with Gasteiger partial charge in [-0.1, -0.05) is 18.2 Å². The zero-order chi connectivity index (χ0) is 19.6. The summed E-state index contributed by atoms with van der Waals surface area (Å²) in [6.45, 7) is 1.93. The average molecular weight is 500 g/mol. The van der Waals surface area contributed by atoms with Gasteiger partial charge < -0.3 is 20.3 Å². The molecule has 0 aliphatic heterocycles. The van der Waals surface area contributed by atoms with Gasteiger partial charge >= 0.3 is 0 Å². The molecule has 0 aliphatic carbocycles. The Morgan fingerprint density at radius 3 is 2.36 bits per heavy atom. The normalized spacial score (nSPS) is 11.1. The lowest BCUT2D eigenvalue weighted by molar-refractivity contribution is 0.392. The van der Waals surface area contributed by atoms with Crippen LogP contribution >= 0.6 is 24.0 Å². The third-order valence-electron chi connectivity index (χ3n) is 4.15. The quantitative estimate of drug-likeness (QED) is 0.332. The van der Waals surface area contributed by atoms with E-state index in [2.05, 4.69) is 27.8 Å². The van der Waals surface area contributed by atoms with E-state index in [1.54, 1.807) is 20.2 Å². The van der Waals surface area contributed by atoms with Gasteiger partial charge in [-0.15, -0.1) is 24.0 Å². The minimum Gasteiger partial charge on any atom is -0.497 e. The van der Waals surface area contributed by atoms with Crippen LogP contribution in [0.1, 0.15) is 16.7 Å². The zero-order valence-corrected chi connectivity index (χ0v) is 19.3. The van der Waals surface area contributed by atoms with Crippen molar-refractivity contribution in [2.24, 2.45) is 4.99 Å². The molecular formula is C21H30FIN4O. The number of rotatable bonds is 8. The van der Waals surface area contributed by atoms with Gasteiger partial charge in [0.1, 0.15) is 11.6 Å². The summed E-state index contributed by atoms with van der Waals surface area (Å²) in [6.07, 6.45) is 0.883.